The van der Waals surface area contributed by atoms with Crippen LogP contribution < -0.4 is 5.73 Å². The van der Waals surface area contributed by atoms with Crippen LogP contribution in [0.25, 0.3) is 0 Å². The van der Waals surface area contributed by atoms with Gasteiger partial charge < -0.3 is 10.5 Å². The summed E-state index contributed by atoms with van der Waals surface area (Å²) in [5.74, 6) is 3.84. The molecule has 0 amide bonds. The Morgan fingerprint density at radius 2 is 1.83 bits per heavy atom. The molecule has 18 heavy (non-hydrogen) atoms. The second-order valence-corrected chi connectivity index (χ2v) is 8.13. The van der Waals surface area contributed by atoms with E-state index in [-0.39, 0.29) is 11.6 Å². The molecule has 0 aromatic carbocycles. The van der Waals surface area contributed by atoms with E-state index in [1.54, 1.807) is 0 Å². The molecule has 0 aliphatic heterocycles. The lowest BCUT2D eigenvalue weighted by Crippen LogP contribution is -2.38. The van der Waals surface area contributed by atoms with Gasteiger partial charge in [-0.05, 0) is 61.2 Å². The zero-order valence-corrected chi connectivity index (χ0v) is 12.2. The highest BCUT2D eigenvalue weighted by molar-refractivity contribution is 5.03. The van der Waals surface area contributed by atoms with E-state index in [0.717, 1.165) is 30.1 Å². The molecule has 104 valence electrons. The van der Waals surface area contributed by atoms with Crippen LogP contribution in [0.15, 0.2) is 0 Å². The molecule has 0 radical (unpaired) electrons. The number of hydrogen-bond donors (Lipinski definition) is 1. The van der Waals surface area contributed by atoms with Gasteiger partial charge in [-0.2, -0.15) is 0 Å². The summed E-state index contributed by atoms with van der Waals surface area (Å²) in [7, 11) is 0. The van der Waals surface area contributed by atoms with E-state index >= 15 is 0 Å². The van der Waals surface area contributed by atoms with Gasteiger partial charge in [-0.25, -0.2) is 0 Å². The Bertz CT molecular complexity index is 309. The SMILES string of the molecule is CC(C)(C)CC(N)OC1CC2CC1C1CCCC21. The molecule has 0 spiro atoms. The van der Waals surface area contributed by atoms with Crippen molar-refractivity contribution < 1.29 is 4.74 Å². The third-order valence-corrected chi connectivity index (χ3v) is 5.53. The third kappa shape index (κ3) is 2.34. The van der Waals surface area contributed by atoms with Crippen molar-refractivity contribution in [1.82, 2.24) is 0 Å². The van der Waals surface area contributed by atoms with Crippen molar-refractivity contribution in [3.05, 3.63) is 0 Å². The van der Waals surface area contributed by atoms with Crippen molar-refractivity contribution in [2.75, 3.05) is 0 Å². The summed E-state index contributed by atoms with van der Waals surface area (Å²) in [6, 6.07) is 0. The highest BCUT2D eigenvalue weighted by Crippen LogP contribution is 2.59. The maximum Gasteiger partial charge on any atom is 0.106 e. The molecule has 0 heterocycles. The molecule has 6 unspecified atom stereocenters. The molecule has 2 heteroatoms. The van der Waals surface area contributed by atoms with Crippen molar-refractivity contribution in [3.63, 3.8) is 0 Å². The van der Waals surface area contributed by atoms with Gasteiger partial charge in [-0.1, -0.05) is 27.2 Å². The minimum absolute atomic E-state index is 0.0609. The highest BCUT2D eigenvalue weighted by Gasteiger charge is 2.54. The van der Waals surface area contributed by atoms with E-state index in [1.807, 2.05) is 0 Å². The molecular formula is C16H29NO. The molecule has 3 rings (SSSR count). The fraction of sp³-hybridized carbons (Fsp3) is 1.00. The van der Waals surface area contributed by atoms with Gasteiger partial charge in [0.1, 0.15) is 6.23 Å². The quantitative estimate of drug-likeness (QED) is 0.779. The molecule has 3 aliphatic rings. The molecule has 2 N–H and O–H groups in total. The predicted molar refractivity (Wildman–Crippen MR) is 74.0 cm³/mol. The number of ether oxygens (including phenoxy) is 1. The summed E-state index contributed by atoms with van der Waals surface area (Å²) in [5.41, 5.74) is 6.46. The fourth-order valence-corrected chi connectivity index (χ4v) is 5.04. The zero-order chi connectivity index (χ0) is 12.9. The Labute approximate surface area is 112 Å². The molecule has 3 fully saturated rings. The number of fused-ring (bicyclic) bond motifs is 5. The lowest BCUT2D eigenvalue weighted by atomic mass is 9.80. The van der Waals surface area contributed by atoms with Crippen LogP contribution in [-0.4, -0.2) is 12.3 Å². The Kier molecular flexibility index (Phi) is 3.22. The third-order valence-electron chi connectivity index (χ3n) is 5.53. The molecule has 0 saturated heterocycles. The van der Waals surface area contributed by atoms with E-state index in [2.05, 4.69) is 20.8 Å². The number of rotatable bonds is 3. The second kappa shape index (κ2) is 4.49. The smallest absolute Gasteiger partial charge is 0.106 e. The average Bonchev–Trinajstić information content (AvgIpc) is 2.81. The molecule has 6 atom stereocenters. The standard InChI is InChI=1S/C16H29NO/c1-16(2,3)9-15(17)18-14-8-10-7-13(14)12-6-4-5-11(10)12/h10-15H,4-9,17H2,1-3H3. The minimum Gasteiger partial charge on any atom is -0.360 e. The molecule has 2 bridgehead atoms. The van der Waals surface area contributed by atoms with Crippen LogP contribution in [-0.2, 0) is 4.74 Å². The Balaban J connectivity index is 1.56. The molecule has 3 saturated carbocycles. The van der Waals surface area contributed by atoms with Crippen LogP contribution in [0, 0.1) is 29.1 Å². The first kappa shape index (κ1) is 12.9. The average molecular weight is 251 g/mol. The lowest BCUT2D eigenvalue weighted by molar-refractivity contribution is -0.0678. The minimum atomic E-state index is -0.0609. The molecule has 0 aromatic rings. The van der Waals surface area contributed by atoms with Crippen LogP contribution in [0.2, 0.25) is 0 Å². The van der Waals surface area contributed by atoms with Crippen molar-refractivity contribution in [2.24, 2.45) is 34.8 Å². The zero-order valence-electron chi connectivity index (χ0n) is 12.2. The summed E-state index contributed by atoms with van der Waals surface area (Å²) < 4.78 is 6.21. The molecule has 3 aliphatic carbocycles. The summed E-state index contributed by atoms with van der Waals surface area (Å²) in [4.78, 5) is 0. The van der Waals surface area contributed by atoms with E-state index in [1.165, 1.54) is 32.1 Å². The Morgan fingerprint density at radius 1 is 1.11 bits per heavy atom. The van der Waals surface area contributed by atoms with E-state index in [4.69, 9.17) is 10.5 Å². The van der Waals surface area contributed by atoms with Gasteiger partial charge >= 0.3 is 0 Å². The second-order valence-electron chi connectivity index (χ2n) is 8.13. The van der Waals surface area contributed by atoms with Crippen molar-refractivity contribution >= 4 is 0 Å². The summed E-state index contributed by atoms with van der Waals surface area (Å²) in [6.45, 7) is 6.72. The maximum atomic E-state index is 6.21. The van der Waals surface area contributed by atoms with Gasteiger partial charge in [0.15, 0.2) is 0 Å². The fourth-order valence-electron chi connectivity index (χ4n) is 5.04. The van der Waals surface area contributed by atoms with Crippen LogP contribution in [0.4, 0.5) is 0 Å². The van der Waals surface area contributed by atoms with Gasteiger partial charge in [0.05, 0.1) is 6.10 Å². The van der Waals surface area contributed by atoms with Crippen LogP contribution in [0.1, 0.15) is 59.3 Å². The van der Waals surface area contributed by atoms with Crippen molar-refractivity contribution in [2.45, 2.75) is 71.6 Å². The van der Waals surface area contributed by atoms with Gasteiger partial charge in [-0.3, -0.25) is 0 Å². The van der Waals surface area contributed by atoms with Gasteiger partial charge in [-0.15, -0.1) is 0 Å². The number of hydrogen-bond acceptors (Lipinski definition) is 2. The van der Waals surface area contributed by atoms with Crippen LogP contribution in [0.5, 0.6) is 0 Å². The summed E-state index contributed by atoms with van der Waals surface area (Å²) >= 11 is 0. The first-order valence-electron chi connectivity index (χ1n) is 7.85. The summed E-state index contributed by atoms with van der Waals surface area (Å²) in [6.07, 6.45) is 8.53. The molecule has 2 nitrogen and oxygen atoms in total. The molecular weight excluding hydrogens is 222 g/mol. The largest absolute Gasteiger partial charge is 0.360 e. The predicted octanol–water partition coefficient (Wildman–Crippen LogP) is 3.55. The maximum absolute atomic E-state index is 6.21. The first-order chi connectivity index (χ1) is 8.44. The van der Waals surface area contributed by atoms with E-state index < -0.39 is 0 Å². The van der Waals surface area contributed by atoms with Gasteiger partial charge in [0.2, 0.25) is 0 Å². The molecule has 0 aromatic heterocycles. The van der Waals surface area contributed by atoms with Crippen molar-refractivity contribution in [1.29, 1.82) is 0 Å². The van der Waals surface area contributed by atoms with Gasteiger partial charge in [0, 0.05) is 0 Å². The topological polar surface area (TPSA) is 35.2 Å². The lowest BCUT2D eigenvalue weighted by Gasteiger charge is -2.34. The summed E-state index contributed by atoms with van der Waals surface area (Å²) in [5, 5.41) is 0. The first-order valence-corrected chi connectivity index (χ1v) is 7.85. The Morgan fingerprint density at radius 3 is 2.56 bits per heavy atom. The van der Waals surface area contributed by atoms with Crippen LogP contribution >= 0.6 is 0 Å². The monoisotopic (exact) mass is 251 g/mol. The van der Waals surface area contributed by atoms with Gasteiger partial charge in [0.25, 0.3) is 0 Å². The number of nitrogens with two attached hydrogens (primary N) is 1. The normalized spacial score (nSPS) is 44.3. The van der Waals surface area contributed by atoms with E-state index in [0.29, 0.717) is 6.10 Å². The van der Waals surface area contributed by atoms with Crippen LogP contribution in [0.3, 0.4) is 0 Å². The van der Waals surface area contributed by atoms with E-state index in [9.17, 15) is 0 Å². The van der Waals surface area contributed by atoms with Crippen molar-refractivity contribution in [3.8, 4) is 0 Å². The Hall–Kier alpha value is -0.0800. The highest BCUT2D eigenvalue weighted by atomic mass is 16.5.